The molecule has 1 atom stereocenters. The first kappa shape index (κ1) is 20.1. The molecule has 29 heavy (non-hydrogen) atoms. The number of primary amides is 1. The Kier molecular flexibility index (Phi) is 5.76. The van der Waals surface area contributed by atoms with Gasteiger partial charge < -0.3 is 10.5 Å². The largest absolute Gasteiger partial charge is 0.372 e. The number of nitrogens with zero attached hydrogens (tertiary/aromatic N) is 2. The molecule has 8 heteroatoms. The summed E-state index contributed by atoms with van der Waals surface area (Å²) in [7, 11) is 0. The molecule has 3 aromatic rings. The quantitative estimate of drug-likeness (QED) is 0.480. The van der Waals surface area contributed by atoms with Crippen molar-refractivity contribution in [3.8, 4) is 0 Å². The number of thiophene rings is 1. The molecule has 0 fully saturated rings. The van der Waals surface area contributed by atoms with Gasteiger partial charge in [-0.15, -0.1) is 11.3 Å². The summed E-state index contributed by atoms with van der Waals surface area (Å²) in [4.78, 5) is 31.4. The van der Waals surface area contributed by atoms with Crippen LogP contribution in [0.15, 0.2) is 40.3 Å². The van der Waals surface area contributed by atoms with E-state index in [1.807, 2.05) is 30.3 Å². The van der Waals surface area contributed by atoms with E-state index in [-0.39, 0.29) is 17.4 Å². The lowest BCUT2D eigenvalue weighted by atomic mass is 9.96. The van der Waals surface area contributed by atoms with Crippen LogP contribution in [0.5, 0.6) is 0 Å². The highest BCUT2D eigenvalue weighted by Crippen LogP contribution is 2.35. The second-order valence-corrected chi connectivity index (χ2v) is 9.53. The minimum atomic E-state index is -0.436. The summed E-state index contributed by atoms with van der Waals surface area (Å²) in [6.45, 7) is 5.18. The SMILES string of the molecule is CC(C)[C@H]1Cc2c(sc3nc(SCC(N)=O)n(Cc4ccccc4)c(=O)c23)CO1. The van der Waals surface area contributed by atoms with Gasteiger partial charge in [0.05, 0.1) is 30.4 Å². The van der Waals surface area contributed by atoms with Gasteiger partial charge in [-0.1, -0.05) is 55.9 Å². The number of aromatic nitrogens is 2. The summed E-state index contributed by atoms with van der Waals surface area (Å²) in [6, 6.07) is 9.78. The maximum atomic E-state index is 13.6. The van der Waals surface area contributed by atoms with Crippen LogP contribution in [0, 0.1) is 5.92 Å². The van der Waals surface area contributed by atoms with Crippen LogP contribution in [0.2, 0.25) is 0 Å². The molecule has 152 valence electrons. The van der Waals surface area contributed by atoms with Gasteiger partial charge in [0.2, 0.25) is 5.91 Å². The monoisotopic (exact) mass is 429 g/mol. The van der Waals surface area contributed by atoms with Gasteiger partial charge in [-0.3, -0.25) is 14.2 Å². The standard InChI is InChI=1S/C21H23N3O3S2/c1-12(2)15-8-14-16(10-27-15)29-19-18(14)20(26)24(9-13-6-4-3-5-7-13)21(23-19)28-11-17(22)25/h3-7,12,15H,8-11H2,1-2H3,(H2,22,25)/t15-/m1/s1. The minimum Gasteiger partial charge on any atom is -0.372 e. The van der Waals surface area contributed by atoms with Crippen molar-refractivity contribution in [1.29, 1.82) is 0 Å². The number of hydrogen-bond donors (Lipinski definition) is 1. The molecule has 6 nitrogen and oxygen atoms in total. The number of rotatable bonds is 6. The van der Waals surface area contributed by atoms with Crippen molar-refractivity contribution in [1.82, 2.24) is 9.55 Å². The maximum Gasteiger partial charge on any atom is 0.263 e. The Balaban J connectivity index is 1.84. The van der Waals surface area contributed by atoms with Gasteiger partial charge in [0.25, 0.3) is 5.56 Å². The first-order chi connectivity index (χ1) is 13.9. The van der Waals surface area contributed by atoms with Crippen LogP contribution in [0.25, 0.3) is 10.2 Å². The molecule has 0 radical (unpaired) electrons. The molecule has 0 saturated heterocycles. The van der Waals surface area contributed by atoms with E-state index in [0.29, 0.717) is 34.4 Å². The Bertz CT molecular complexity index is 1110. The Hall–Kier alpha value is -2.16. The summed E-state index contributed by atoms with van der Waals surface area (Å²) in [6.07, 6.45) is 0.828. The summed E-state index contributed by atoms with van der Waals surface area (Å²) >= 11 is 2.72. The Morgan fingerprint density at radius 2 is 2.14 bits per heavy atom. The normalized spacial score (nSPS) is 16.3. The van der Waals surface area contributed by atoms with Gasteiger partial charge in [-0.05, 0) is 17.0 Å². The molecule has 0 bridgehead atoms. The minimum absolute atomic E-state index is 0.0623. The molecule has 1 aromatic carbocycles. The number of thioether (sulfide) groups is 1. The Morgan fingerprint density at radius 3 is 2.83 bits per heavy atom. The van der Waals surface area contributed by atoms with Crippen LogP contribution in [0.1, 0.15) is 29.9 Å². The van der Waals surface area contributed by atoms with Crippen LogP contribution in [-0.4, -0.2) is 27.3 Å². The Morgan fingerprint density at radius 1 is 1.38 bits per heavy atom. The van der Waals surface area contributed by atoms with Crippen molar-refractivity contribution < 1.29 is 9.53 Å². The zero-order valence-corrected chi connectivity index (χ0v) is 18.0. The van der Waals surface area contributed by atoms with Gasteiger partial charge >= 0.3 is 0 Å². The lowest BCUT2D eigenvalue weighted by Crippen LogP contribution is -2.29. The molecule has 0 unspecified atom stereocenters. The van der Waals surface area contributed by atoms with Gasteiger partial charge in [-0.25, -0.2) is 4.98 Å². The molecule has 0 aliphatic carbocycles. The molecule has 2 N–H and O–H groups in total. The van der Waals surface area contributed by atoms with E-state index in [9.17, 15) is 9.59 Å². The van der Waals surface area contributed by atoms with E-state index in [2.05, 4.69) is 13.8 Å². The third-order valence-electron chi connectivity index (χ3n) is 5.06. The molecule has 0 spiro atoms. The average molecular weight is 430 g/mol. The van der Waals surface area contributed by atoms with E-state index in [0.717, 1.165) is 22.4 Å². The zero-order chi connectivity index (χ0) is 20.5. The molecule has 1 aliphatic rings. The van der Waals surface area contributed by atoms with Crippen molar-refractivity contribution in [3.63, 3.8) is 0 Å². The number of carbonyl (C=O) groups excluding carboxylic acids is 1. The number of nitrogens with two attached hydrogens (primary N) is 1. The van der Waals surface area contributed by atoms with E-state index in [1.54, 1.807) is 4.57 Å². The van der Waals surface area contributed by atoms with Crippen molar-refractivity contribution in [2.75, 3.05) is 5.75 Å². The van der Waals surface area contributed by atoms with E-state index < -0.39 is 5.91 Å². The summed E-state index contributed by atoms with van der Waals surface area (Å²) in [5, 5.41) is 1.21. The van der Waals surface area contributed by atoms with Gasteiger partial charge in [0.1, 0.15) is 4.83 Å². The number of amides is 1. The third kappa shape index (κ3) is 4.10. The van der Waals surface area contributed by atoms with Crippen molar-refractivity contribution in [3.05, 3.63) is 56.7 Å². The fourth-order valence-electron chi connectivity index (χ4n) is 3.52. The highest BCUT2D eigenvalue weighted by atomic mass is 32.2. The highest BCUT2D eigenvalue weighted by molar-refractivity contribution is 7.99. The van der Waals surface area contributed by atoms with Crippen LogP contribution in [-0.2, 0) is 29.1 Å². The molecule has 2 aromatic heterocycles. The predicted molar refractivity (Wildman–Crippen MR) is 116 cm³/mol. The van der Waals surface area contributed by atoms with Crippen molar-refractivity contribution >= 4 is 39.2 Å². The summed E-state index contributed by atoms with van der Waals surface area (Å²) in [5.41, 5.74) is 7.34. The van der Waals surface area contributed by atoms with Gasteiger partial charge in [0.15, 0.2) is 5.16 Å². The molecule has 3 heterocycles. The van der Waals surface area contributed by atoms with Gasteiger partial charge in [-0.2, -0.15) is 0 Å². The maximum absolute atomic E-state index is 13.6. The van der Waals surface area contributed by atoms with Crippen molar-refractivity contribution in [2.45, 2.75) is 44.7 Å². The summed E-state index contributed by atoms with van der Waals surface area (Å²) in [5.74, 6) is 0.0216. The lowest BCUT2D eigenvalue weighted by Gasteiger charge is -2.26. The van der Waals surface area contributed by atoms with Crippen LogP contribution >= 0.6 is 23.1 Å². The smallest absolute Gasteiger partial charge is 0.263 e. The summed E-state index contributed by atoms with van der Waals surface area (Å²) < 4.78 is 7.64. The van der Waals surface area contributed by atoms with E-state index in [4.69, 9.17) is 15.5 Å². The lowest BCUT2D eigenvalue weighted by molar-refractivity contribution is -0.115. The molecule has 0 saturated carbocycles. The molecular weight excluding hydrogens is 406 g/mol. The zero-order valence-electron chi connectivity index (χ0n) is 16.4. The third-order valence-corrected chi connectivity index (χ3v) is 7.16. The Labute approximate surface area is 177 Å². The number of ether oxygens (including phenoxy) is 1. The molecule has 1 amide bonds. The first-order valence-electron chi connectivity index (χ1n) is 9.55. The molecular formula is C21H23N3O3S2. The average Bonchev–Trinajstić information content (AvgIpc) is 3.07. The first-order valence-corrected chi connectivity index (χ1v) is 11.4. The van der Waals surface area contributed by atoms with E-state index >= 15 is 0 Å². The van der Waals surface area contributed by atoms with E-state index in [1.165, 1.54) is 23.1 Å². The van der Waals surface area contributed by atoms with Crippen LogP contribution in [0.4, 0.5) is 0 Å². The number of carbonyl (C=O) groups is 1. The van der Waals surface area contributed by atoms with Crippen LogP contribution in [0.3, 0.4) is 0 Å². The fraction of sp³-hybridized carbons (Fsp3) is 0.381. The number of hydrogen-bond acceptors (Lipinski definition) is 6. The topological polar surface area (TPSA) is 87.2 Å². The van der Waals surface area contributed by atoms with Crippen LogP contribution < -0.4 is 11.3 Å². The predicted octanol–water partition coefficient (Wildman–Crippen LogP) is 3.18. The van der Waals surface area contributed by atoms with Crippen molar-refractivity contribution in [2.24, 2.45) is 11.7 Å². The van der Waals surface area contributed by atoms with Gasteiger partial charge in [0, 0.05) is 11.3 Å². The fourth-order valence-corrected chi connectivity index (χ4v) is 5.42. The highest BCUT2D eigenvalue weighted by Gasteiger charge is 2.28. The molecule has 1 aliphatic heterocycles. The number of fused-ring (bicyclic) bond motifs is 3. The number of benzene rings is 1. The second-order valence-electron chi connectivity index (χ2n) is 7.51. The molecule has 4 rings (SSSR count). The second kappa shape index (κ2) is 8.30.